The Morgan fingerprint density at radius 3 is 2.76 bits per heavy atom. The van der Waals surface area contributed by atoms with E-state index in [0.717, 1.165) is 0 Å². The maximum atomic E-state index is 11.8. The molecule has 2 amide bonds. The number of hydrogen-bond acceptors (Lipinski definition) is 2. The summed E-state index contributed by atoms with van der Waals surface area (Å²) in [5.41, 5.74) is 0. The molecule has 0 bridgehead atoms. The third-order valence-corrected chi connectivity index (χ3v) is 1.87. The van der Waals surface area contributed by atoms with Gasteiger partial charge in [0.25, 0.3) is 0 Å². The van der Waals surface area contributed by atoms with Gasteiger partial charge in [-0.3, -0.25) is 0 Å². The lowest BCUT2D eigenvalue weighted by atomic mass is 10.3. The fraction of sp³-hybridized carbons (Fsp3) is 0.556. The van der Waals surface area contributed by atoms with E-state index in [4.69, 9.17) is 0 Å². The molecule has 0 saturated carbocycles. The topological polar surface area (TPSA) is 59.0 Å². The van der Waals surface area contributed by atoms with E-state index in [9.17, 15) is 18.0 Å². The highest BCUT2D eigenvalue weighted by molar-refractivity contribution is 5.74. The number of amides is 2. The van der Waals surface area contributed by atoms with Gasteiger partial charge in [0.15, 0.2) is 0 Å². The number of aromatic nitrogens is 2. The average molecular weight is 250 g/mol. The first-order valence-electron chi connectivity index (χ1n) is 4.93. The number of hydrogen-bond donors (Lipinski definition) is 2. The molecule has 5 nitrogen and oxygen atoms in total. The van der Waals surface area contributed by atoms with Gasteiger partial charge in [-0.15, -0.1) is 0 Å². The second kappa shape index (κ2) is 5.55. The molecule has 1 rings (SSSR count). The van der Waals surface area contributed by atoms with Gasteiger partial charge in [-0.05, 0) is 6.92 Å². The molecule has 0 aliphatic carbocycles. The Kier molecular flexibility index (Phi) is 4.36. The van der Waals surface area contributed by atoms with Crippen molar-refractivity contribution in [1.29, 1.82) is 0 Å². The first kappa shape index (κ1) is 13.3. The highest BCUT2D eigenvalue weighted by Gasteiger charge is 2.27. The first-order chi connectivity index (χ1) is 7.87. The minimum absolute atomic E-state index is 0.294. The first-order valence-corrected chi connectivity index (χ1v) is 4.93. The molecule has 0 aliphatic rings. The molecule has 1 atom stereocenters. The standard InChI is InChI=1S/C9H13F3N4O/c1-7(4-16-3-2-13-6-16)15-8(17)14-5-9(10,11)12/h2-3,6-7H,4-5H2,1H3,(H2,14,15,17)/t7-/m1/s1. The number of carbonyl (C=O) groups excluding carboxylic acids is 1. The fourth-order valence-electron chi connectivity index (χ4n) is 1.21. The van der Waals surface area contributed by atoms with Crippen molar-refractivity contribution in [2.75, 3.05) is 6.54 Å². The van der Waals surface area contributed by atoms with Crippen LogP contribution in [-0.2, 0) is 6.54 Å². The van der Waals surface area contributed by atoms with E-state index in [2.05, 4.69) is 10.3 Å². The van der Waals surface area contributed by atoms with Gasteiger partial charge in [0, 0.05) is 25.0 Å². The van der Waals surface area contributed by atoms with Crippen molar-refractivity contribution in [1.82, 2.24) is 20.2 Å². The van der Waals surface area contributed by atoms with E-state index < -0.39 is 18.8 Å². The van der Waals surface area contributed by atoms with Gasteiger partial charge in [-0.2, -0.15) is 13.2 Å². The molecule has 0 unspecified atom stereocenters. The van der Waals surface area contributed by atoms with Crippen LogP contribution in [0.1, 0.15) is 6.92 Å². The van der Waals surface area contributed by atoms with Crippen LogP contribution in [-0.4, -0.2) is 34.3 Å². The van der Waals surface area contributed by atoms with Crippen molar-refractivity contribution >= 4 is 6.03 Å². The van der Waals surface area contributed by atoms with Gasteiger partial charge in [0.1, 0.15) is 6.54 Å². The maximum Gasteiger partial charge on any atom is 0.405 e. The molecular formula is C9H13F3N4O. The zero-order chi connectivity index (χ0) is 12.9. The molecule has 1 aromatic rings. The molecule has 1 heterocycles. The lowest BCUT2D eigenvalue weighted by molar-refractivity contribution is -0.122. The van der Waals surface area contributed by atoms with Crippen LogP contribution >= 0.6 is 0 Å². The predicted octanol–water partition coefficient (Wildman–Crippen LogP) is 1.13. The SMILES string of the molecule is C[C@H](Cn1ccnc1)NC(=O)NCC(F)(F)F. The number of alkyl halides is 3. The highest BCUT2D eigenvalue weighted by Crippen LogP contribution is 2.11. The van der Waals surface area contributed by atoms with Gasteiger partial charge < -0.3 is 15.2 Å². The Bertz CT molecular complexity index is 350. The summed E-state index contributed by atoms with van der Waals surface area (Å²) < 4.78 is 37.1. The van der Waals surface area contributed by atoms with Gasteiger partial charge in [0.2, 0.25) is 0 Å². The summed E-state index contributed by atoms with van der Waals surface area (Å²) >= 11 is 0. The lowest BCUT2D eigenvalue weighted by Crippen LogP contribution is -2.45. The smallest absolute Gasteiger partial charge is 0.335 e. The van der Waals surface area contributed by atoms with Crippen LogP contribution in [0.15, 0.2) is 18.7 Å². The summed E-state index contributed by atoms with van der Waals surface area (Å²) in [6.07, 6.45) is 0.443. The van der Waals surface area contributed by atoms with Gasteiger partial charge in [-0.1, -0.05) is 0 Å². The number of nitrogens with zero attached hydrogens (tertiary/aromatic N) is 2. The lowest BCUT2D eigenvalue weighted by Gasteiger charge is -2.15. The largest absolute Gasteiger partial charge is 0.405 e. The third-order valence-electron chi connectivity index (χ3n) is 1.87. The number of imidazole rings is 1. The summed E-state index contributed by atoms with van der Waals surface area (Å²) in [4.78, 5) is 14.9. The number of carbonyl (C=O) groups is 1. The van der Waals surface area contributed by atoms with Crippen molar-refractivity contribution in [3.05, 3.63) is 18.7 Å². The van der Waals surface area contributed by atoms with E-state index in [1.54, 1.807) is 35.5 Å². The van der Waals surface area contributed by atoms with Crippen LogP contribution in [0.25, 0.3) is 0 Å². The minimum atomic E-state index is -4.40. The summed E-state index contributed by atoms with van der Waals surface area (Å²) in [6, 6.07) is -1.13. The minimum Gasteiger partial charge on any atom is -0.335 e. The molecule has 1 aromatic heterocycles. The van der Waals surface area contributed by atoms with Crippen LogP contribution in [0.5, 0.6) is 0 Å². The van der Waals surface area contributed by atoms with Gasteiger partial charge in [0.05, 0.1) is 6.33 Å². The van der Waals surface area contributed by atoms with Crippen molar-refractivity contribution in [2.24, 2.45) is 0 Å². The zero-order valence-corrected chi connectivity index (χ0v) is 9.16. The highest BCUT2D eigenvalue weighted by atomic mass is 19.4. The van der Waals surface area contributed by atoms with Gasteiger partial charge in [-0.25, -0.2) is 9.78 Å². The molecule has 0 aromatic carbocycles. The van der Waals surface area contributed by atoms with Crippen molar-refractivity contribution in [3.63, 3.8) is 0 Å². The summed E-state index contributed by atoms with van der Waals surface area (Å²) in [5, 5.41) is 4.13. The summed E-state index contributed by atoms with van der Waals surface area (Å²) in [6.45, 7) is 0.795. The Hall–Kier alpha value is -1.73. The molecule has 0 saturated heterocycles. The molecule has 0 fully saturated rings. The molecule has 2 N–H and O–H groups in total. The monoisotopic (exact) mass is 250 g/mol. The van der Waals surface area contributed by atoms with Crippen molar-refractivity contribution in [2.45, 2.75) is 25.7 Å². The molecule has 0 spiro atoms. The number of rotatable bonds is 4. The van der Waals surface area contributed by atoms with Crippen LogP contribution in [0.2, 0.25) is 0 Å². The molecule has 0 radical (unpaired) electrons. The average Bonchev–Trinajstić information content (AvgIpc) is 2.66. The zero-order valence-electron chi connectivity index (χ0n) is 9.16. The molecule has 17 heavy (non-hydrogen) atoms. The fourth-order valence-corrected chi connectivity index (χ4v) is 1.21. The second-order valence-corrected chi connectivity index (χ2v) is 3.60. The van der Waals surface area contributed by atoms with E-state index >= 15 is 0 Å². The Morgan fingerprint density at radius 1 is 1.53 bits per heavy atom. The van der Waals surface area contributed by atoms with Crippen LogP contribution in [0.3, 0.4) is 0 Å². The van der Waals surface area contributed by atoms with E-state index in [0.29, 0.717) is 6.54 Å². The molecular weight excluding hydrogens is 237 g/mol. The number of urea groups is 1. The molecule has 96 valence electrons. The molecule has 0 aliphatic heterocycles. The van der Waals surface area contributed by atoms with Crippen LogP contribution < -0.4 is 10.6 Å². The molecule has 8 heteroatoms. The quantitative estimate of drug-likeness (QED) is 0.841. The Balaban J connectivity index is 2.26. The Morgan fingerprint density at radius 2 is 2.24 bits per heavy atom. The summed E-state index contributed by atoms with van der Waals surface area (Å²) in [5.74, 6) is 0. The van der Waals surface area contributed by atoms with E-state index in [-0.39, 0.29) is 6.04 Å². The Labute approximate surface area is 96.0 Å². The summed E-state index contributed by atoms with van der Waals surface area (Å²) in [7, 11) is 0. The maximum absolute atomic E-state index is 11.8. The predicted molar refractivity (Wildman–Crippen MR) is 54.3 cm³/mol. The van der Waals surface area contributed by atoms with Crippen LogP contribution in [0, 0.1) is 0 Å². The number of nitrogens with one attached hydrogen (secondary N) is 2. The van der Waals surface area contributed by atoms with Crippen molar-refractivity contribution in [3.8, 4) is 0 Å². The third kappa shape index (κ3) is 5.79. The van der Waals surface area contributed by atoms with Crippen LogP contribution in [0.4, 0.5) is 18.0 Å². The van der Waals surface area contributed by atoms with Gasteiger partial charge >= 0.3 is 12.2 Å². The number of halogens is 3. The normalized spacial score (nSPS) is 13.2. The van der Waals surface area contributed by atoms with Crippen molar-refractivity contribution < 1.29 is 18.0 Å². The second-order valence-electron chi connectivity index (χ2n) is 3.60. The van der Waals surface area contributed by atoms with E-state index in [1.807, 2.05) is 0 Å². The van der Waals surface area contributed by atoms with E-state index in [1.165, 1.54) is 0 Å².